The van der Waals surface area contributed by atoms with Crippen LogP contribution in [0.3, 0.4) is 0 Å². The molecule has 0 radical (unpaired) electrons. The van der Waals surface area contributed by atoms with E-state index in [0.717, 1.165) is 11.4 Å². The number of aromatic nitrogens is 4. The Morgan fingerprint density at radius 1 is 1.43 bits per heavy atom. The number of rotatable bonds is 6. The number of carbonyl (C=O) groups excluding carboxylic acids is 1. The second kappa shape index (κ2) is 6.51. The van der Waals surface area contributed by atoms with Crippen LogP contribution in [0.1, 0.15) is 31.9 Å². The third kappa shape index (κ3) is 4.14. The lowest BCUT2D eigenvalue weighted by atomic mass is 10.2. The lowest BCUT2D eigenvalue weighted by molar-refractivity contribution is -0.121. The van der Waals surface area contributed by atoms with E-state index in [-0.39, 0.29) is 5.91 Å². The normalized spacial score (nSPS) is 11.1. The van der Waals surface area contributed by atoms with E-state index in [1.807, 2.05) is 20.0 Å². The van der Waals surface area contributed by atoms with Crippen LogP contribution in [-0.4, -0.2) is 32.4 Å². The molecule has 0 saturated heterocycles. The molecule has 2 aromatic rings. The van der Waals surface area contributed by atoms with Gasteiger partial charge >= 0.3 is 0 Å². The number of nitrogens with one attached hydrogen (secondary N) is 1. The molecule has 1 amide bonds. The van der Waals surface area contributed by atoms with E-state index in [2.05, 4.69) is 34.5 Å². The zero-order valence-corrected chi connectivity index (χ0v) is 12.9. The maximum Gasteiger partial charge on any atom is 0.265 e. The molecule has 0 aliphatic heterocycles. The van der Waals surface area contributed by atoms with Crippen LogP contribution in [-0.2, 0) is 18.3 Å². The minimum absolute atomic E-state index is 0.000159. The monoisotopic (exact) mass is 291 g/mol. The van der Waals surface area contributed by atoms with E-state index in [1.165, 1.54) is 0 Å². The van der Waals surface area contributed by atoms with Crippen molar-refractivity contribution in [2.45, 2.75) is 33.6 Å². The zero-order valence-electron chi connectivity index (χ0n) is 12.9. The Labute approximate surface area is 123 Å². The molecule has 0 aliphatic rings. The highest BCUT2D eigenvalue weighted by Gasteiger charge is 2.14. The average molecular weight is 291 g/mol. The second-order valence-corrected chi connectivity index (χ2v) is 5.49. The summed E-state index contributed by atoms with van der Waals surface area (Å²) in [5.41, 5.74) is 1.66. The van der Waals surface area contributed by atoms with Gasteiger partial charge in [-0.25, -0.2) is 0 Å². The SMILES string of the molecule is Cc1cc(-c2nnc(CCC(=O)NCC(C)C)o2)n(C)n1. The van der Waals surface area contributed by atoms with Crippen LogP contribution >= 0.6 is 0 Å². The smallest absolute Gasteiger partial charge is 0.265 e. The number of carbonyl (C=O) groups is 1. The van der Waals surface area contributed by atoms with E-state index < -0.39 is 0 Å². The van der Waals surface area contributed by atoms with Gasteiger partial charge in [0.1, 0.15) is 5.69 Å². The molecule has 0 spiro atoms. The summed E-state index contributed by atoms with van der Waals surface area (Å²) in [4.78, 5) is 11.6. The highest BCUT2D eigenvalue weighted by molar-refractivity contribution is 5.75. The summed E-state index contributed by atoms with van der Waals surface area (Å²) in [5, 5.41) is 15.1. The Kier molecular flexibility index (Phi) is 4.72. The average Bonchev–Trinajstić information content (AvgIpc) is 3.00. The highest BCUT2D eigenvalue weighted by Crippen LogP contribution is 2.18. The third-order valence-electron chi connectivity index (χ3n) is 2.96. The molecule has 0 aliphatic carbocycles. The first-order valence-electron chi connectivity index (χ1n) is 7.05. The molecule has 2 heterocycles. The summed E-state index contributed by atoms with van der Waals surface area (Å²) in [6, 6.07) is 1.88. The van der Waals surface area contributed by atoms with Gasteiger partial charge in [0.15, 0.2) is 0 Å². The lowest BCUT2D eigenvalue weighted by Crippen LogP contribution is -2.27. The summed E-state index contributed by atoms with van der Waals surface area (Å²) >= 11 is 0. The van der Waals surface area contributed by atoms with E-state index in [0.29, 0.717) is 37.1 Å². The quantitative estimate of drug-likeness (QED) is 0.871. The lowest BCUT2D eigenvalue weighted by Gasteiger charge is -2.06. The fourth-order valence-electron chi connectivity index (χ4n) is 1.90. The summed E-state index contributed by atoms with van der Waals surface area (Å²) in [7, 11) is 1.82. The standard InChI is InChI=1S/C14H21N5O2/c1-9(2)8-15-12(20)5-6-13-16-17-14(21-13)11-7-10(3)18-19(11)4/h7,9H,5-6,8H2,1-4H3,(H,15,20). The number of aryl methyl sites for hydroxylation is 3. The summed E-state index contributed by atoms with van der Waals surface area (Å²) in [6.07, 6.45) is 0.784. The fourth-order valence-corrected chi connectivity index (χ4v) is 1.90. The Hall–Kier alpha value is -2.18. The van der Waals surface area contributed by atoms with Gasteiger partial charge < -0.3 is 9.73 Å². The molecule has 0 bridgehead atoms. The molecule has 0 atom stereocenters. The van der Waals surface area contributed by atoms with Gasteiger partial charge in [0.2, 0.25) is 11.8 Å². The predicted octanol–water partition coefficient (Wildman–Crippen LogP) is 1.48. The van der Waals surface area contributed by atoms with Gasteiger partial charge in [-0.1, -0.05) is 13.8 Å². The van der Waals surface area contributed by atoms with Gasteiger partial charge in [-0.05, 0) is 18.9 Å². The topological polar surface area (TPSA) is 85.8 Å². The van der Waals surface area contributed by atoms with Crippen molar-refractivity contribution in [3.05, 3.63) is 17.7 Å². The van der Waals surface area contributed by atoms with Crippen molar-refractivity contribution >= 4 is 5.91 Å². The van der Waals surface area contributed by atoms with Crippen LogP contribution < -0.4 is 5.32 Å². The predicted molar refractivity (Wildman–Crippen MR) is 77.4 cm³/mol. The van der Waals surface area contributed by atoms with E-state index in [1.54, 1.807) is 4.68 Å². The molecule has 0 fully saturated rings. The third-order valence-corrected chi connectivity index (χ3v) is 2.96. The van der Waals surface area contributed by atoms with Crippen LogP contribution in [0.4, 0.5) is 0 Å². The minimum atomic E-state index is -0.000159. The first-order valence-corrected chi connectivity index (χ1v) is 7.05. The van der Waals surface area contributed by atoms with Gasteiger partial charge in [-0.15, -0.1) is 10.2 Å². The highest BCUT2D eigenvalue weighted by atomic mass is 16.4. The minimum Gasteiger partial charge on any atom is -0.419 e. The molecule has 21 heavy (non-hydrogen) atoms. The second-order valence-electron chi connectivity index (χ2n) is 5.49. The Morgan fingerprint density at radius 3 is 2.81 bits per heavy atom. The van der Waals surface area contributed by atoms with Gasteiger partial charge in [0.25, 0.3) is 5.89 Å². The van der Waals surface area contributed by atoms with Crippen molar-refractivity contribution in [2.24, 2.45) is 13.0 Å². The molecule has 7 nitrogen and oxygen atoms in total. The van der Waals surface area contributed by atoms with Gasteiger partial charge in [0, 0.05) is 26.4 Å². The van der Waals surface area contributed by atoms with Gasteiger partial charge in [-0.2, -0.15) is 5.10 Å². The largest absolute Gasteiger partial charge is 0.419 e. The first kappa shape index (κ1) is 15.2. The fraction of sp³-hybridized carbons (Fsp3) is 0.571. The summed E-state index contributed by atoms with van der Waals surface area (Å²) < 4.78 is 7.27. The van der Waals surface area contributed by atoms with Crippen molar-refractivity contribution in [3.63, 3.8) is 0 Å². The van der Waals surface area contributed by atoms with E-state index in [9.17, 15) is 4.79 Å². The Morgan fingerprint density at radius 2 is 2.19 bits per heavy atom. The summed E-state index contributed by atoms with van der Waals surface area (Å²) in [5.74, 6) is 1.33. The maximum atomic E-state index is 11.6. The molecule has 0 aromatic carbocycles. The van der Waals surface area contributed by atoms with Crippen molar-refractivity contribution < 1.29 is 9.21 Å². The molecular weight excluding hydrogens is 270 g/mol. The van der Waals surface area contributed by atoms with Crippen LogP contribution in [0.25, 0.3) is 11.6 Å². The number of nitrogens with zero attached hydrogens (tertiary/aromatic N) is 4. The summed E-state index contributed by atoms with van der Waals surface area (Å²) in [6.45, 7) is 6.70. The van der Waals surface area contributed by atoms with Crippen molar-refractivity contribution in [1.82, 2.24) is 25.3 Å². The van der Waals surface area contributed by atoms with E-state index >= 15 is 0 Å². The van der Waals surface area contributed by atoms with Crippen molar-refractivity contribution in [1.29, 1.82) is 0 Å². The molecule has 2 aromatic heterocycles. The first-order chi connectivity index (χ1) is 9.95. The molecule has 7 heteroatoms. The number of amides is 1. The van der Waals surface area contributed by atoms with Crippen LogP contribution in [0.5, 0.6) is 0 Å². The van der Waals surface area contributed by atoms with Crippen LogP contribution in [0.2, 0.25) is 0 Å². The molecule has 114 valence electrons. The maximum absolute atomic E-state index is 11.6. The molecule has 0 unspecified atom stereocenters. The van der Waals surface area contributed by atoms with Crippen molar-refractivity contribution in [2.75, 3.05) is 6.54 Å². The molecule has 0 saturated carbocycles. The molecular formula is C14H21N5O2. The Balaban J connectivity index is 1.92. The van der Waals surface area contributed by atoms with Crippen LogP contribution in [0.15, 0.2) is 10.5 Å². The number of hydrogen-bond acceptors (Lipinski definition) is 5. The van der Waals surface area contributed by atoms with E-state index in [4.69, 9.17) is 4.42 Å². The van der Waals surface area contributed by atoms with Crippen molar-refractivity contribution in [3.8, 4) is 11.6 Å². The molecule has 1 N–H and O–H groups in total. The Bertz CT molecular complexity index is 615. The van der Waals surface area contributed by atoms with Gasteiger partial charge in [0.05, 0.1) is 5.69 Å². The zero-order chi connectivity index (χ0) is 15.4. The van der Waals surface area contributed by atoms with Crippen LogP contribution in [0, 0.1) is 12.8 Å². The number of hydrogen-bond donors (Lipinski definition) is 1. The molecule has 2 rings (SSSR count). The van der Waals surface area contributed by atoms with Gasteiger partial charge in [-0.3, -0.25) is 9.48 Å².